The Bertz CT molecular complexity index is 595. The van der Waals surface area contributed by atoms with Crippen molar-refractivity contribution in [3.8, 4) is 11.5 Å². The molecule has 0 aliphatic carbocycles. The molecule has 1 aromatic heterocycles. The summed E-state index contributed by atoms with van der Waals surface area (Å²) in [5, 5.41) is 12.7. The summed E-state index contributed by atoms with van der Waals surface area (Å²) >= 11 is 0. The molecular weight excluding hydrogens is 258 g/mol. The first kappa shape index (κ1) is 14.2. The van der Waals surface area contributed by atoms with E-state index in [2.05, 4.69) is 10.1 Å². The SMILES string of the molecule is CCN(CC(=O)O)Cc1noc(-c2cccc(C)c2)n1. The molecule has 0 aliphatic heterocycles. The monoisotopic (exact) mass is 275 g/mol. The number of nitrogens with zero attached hydrogens (tertiary/aromatic N) is 3. The lowest BCUT2D eigenvalue weighted by molar-refractivity contribution is -0.138. The molecule has 0 saturated carbocycles. The van der Waals surface area contributed by atoms with Gasteiger partial charge in [-0.15, -0.1) is 0 Å². The largest absolute Gasteiger partial charge is 0.480 e. The number of hydrogen-bond acceptors (Lipinski definition) is 5. The minimum Gasteiger partial charge on any atom is -0.480 e. The van der Waals surface area contributed by atoms with Crippen LogP contribution < -0.4 is 0 Å². The molecule has 20 heavy (non-hydrogen) atoms. The van der Waals surface area contributed by atoms with Gasteiger partial charge in [0.05, 0.1) is 13.1 Å². The molecule has 0 bridgehead atoms. The summed E-state index contributed by atoms with van der Waals surface area (Å²) in [4.78, 5) is 16.8. The van der Waals surface area contributed by atoms with Crippen LogP contribution in [0.25, 0.3) is 11.5 Å². The highest BCUT2D eigenvalue weighted by molar-refractivity contribution is 5.69. The molecule has 1 aromatic carbocycles. The first-order chi connectivity index (χ1) is 9.58. The molecule has 1 heterocycles. The molecule has 0 saturated heterocycles. The summed E-state index contributed by atoms with van der Waals surface area (Å²) in [6, 6.07) is 7.79. The van der Waals surface area contributed by atoms with E-state index in [1.54, 1.807) is 4.90 Å². The maximum Gasteiger partial charge on any atom is 0.317 e. The predicted octanol–water partition coefficient (Wildman–Crippen LogP) is 1.95. The van der Waals surface area contributed by atoms with E-state index < -0.39 is 5.97 Å². The smallest absolute Gasteiger partial charge is 0.317 e. The van der Waals surface area contributed by atoms with Crippen molar-refractivity contribution in [2.45, 2.75) is 20.4 Å². The number of benzene rings is 1. The summed E-state index contributed by atoms with van der Waals surface area (Å²) in [7, 11) is 0. The third-order valence-corrected chi connectivity index (χ3v) is 2.90. The fourth-order valence-electron chi connectivity index (χ4n) is 1.88. The van der Waals surface area contributed by atoms with E-state index in [1.807, 2.05) is 38.1 Å². The quantitative estimate of drug-likeness (QED) is 0.868. The first-order valence-electron chi connectivity index (χ1n) is 6.42. The van der Waals surface area contributed by atoms with Gasteiger partial charge in [-0.1, -0.05) is 29.8 Å². The lowest BCUT2D eigenvalue weighted by Crippen LogP contribution is -2.29. The van der Waals surface area contributed by atoms with Crippen LogP contribution in [0.2, 0.25) is 0 Å². The third-order valence-electron chi connectivity index (χ3n) is 2.90. The fourth-order valence-corrected chi connectivity index (χ4v) is 1.88. The van der Waals surface area contributed by atoms with E-state index in [4.69, 9.17) is 9.63 Å². The molecule has 0 unspecified atom stereocenters. The van der Waals surface area contributed by atoms with Gasteiger partial charge in [0.1, 0.15) is 0 Å². The number of hydrogen-bond donors (Lipinski definition) is 1. The van der Waals surface area contributed by atoms with Crippen LogP contribution in [0.15, 0.2) is 28.8 Å². The Balaban J connectivity index is 2.10. The van der Waals surface area contributed by atoms with Gasteiger partial charge in [0, 0.05) is 5.56 Å². The zero-order valence-corrected chi connectivity index (χ0v) is 11.5. The van der Waals surface area contributed by atoms with Crippen molar-refractivity contribution in [1.29, 1.82) is 0 Å². The van der Waals surface area contributed by atoms with Crippen LogP contribution in [0.3, 0.4) is 0 Å². The maximum atomic E-state index is 10.7. The van der Waals surface area contributed by atoms with Gasteiger partial charge in [0.25, 0.3) is 5.89 Å². The highest BCUT2D eigenvalue weighted by Crippen LogP contribution is 2.18. The first-order valence-corrected chi connectivity index (χ1v) is 6.42. The number of rotatable bonds is 6. The van der Waals surface area contributed by atoms with Gasteiger partial charge in [-0.25, -0.2) is 0 Å². The average molecular weight is 275 g/mol. The van der Waals surface area contributed by atoms with Crippen LogP contribution in [0.1, 0.15) is 18.3 Å². The van der Waals surface area contributed by atoms with Gasteiger partial charge < -0.3 is 9.63 Å². The minimum absolute atomic E-state index is 0.0369. The highest BCUT2D eigenvalue weighted by Gasteiger charge is 2.14. The third kappa shape index (κ3) is 3.64. The Morgan fingerprint density at radius 1 is 1.45 bits per heavy atom. The van der Waals surface area contributed by atoms with E-state index in [0.29, 0.717) is 24.8 Å². The molecule has 6 heteroatoms. The normalized spacial score (nSPS) is 10.9. The highest BCUT2D eigenvalue weighted by atomic mass is 16.5. The Morgan fingerprint density at radius 3 is 2.90 bits per heavy atom. The van der Waals surface area contributed by atoms with Crippen molar-refractivity contribution in [3.05, 3.63) is 35.7 Å². The van der Waals surface area contributed by atoms with E-state index >= 15 is 0 Å². The lowest BCUT2D eigenvalue weighted by atomic mass is 10.1. The molecule has 1 N–H and O–H groups in total. The van der Waals surface area contributed by atoms with Gasteiger partial charge in [0.15, 0.2) is 5.82 Å². The summed E-state index contributed by atoms with van der Waals surface area (Å²) in [6.45, 7) is 4.82. The van der Waals surface area contributed by atoms with Crippen LogP contribution in [0, 0.1) is 6.92 Å². The molecule has 2 aromatic rings. The topological polar surface area (TPSA) is 79.5 Å². The van der Waals surface area contributed by atoms with Gasteiger partial charge in [-0.05, 0) is 25.6 Å². The molecule has 0 aliphatic rings. The molecule has 2 rings (SSSR count). The van der Waals surface area contributed by atoms with Crippen molar-refractivity contribution < 1.29 is 14.4 Å². The number of aliphatic carboxylic acids is 1. The van der Waals surface area contributed by atoms with Crippen molar-refractivity contribution >= 4 is 5.97 Å². The summed E-state index contributed by atoms with van der Waals surface area (Å²) in [5.74, 6) is 0.0777. The number of aromatic nitrogens is 2. The van der Waals surface area contributed by atoms with Crippen LogP contribution >= 0.6 is 0 Å². The Hall–Kier alpha value is -2.21. The summed E-state index contributed by atoms with van der Waals surface area (Å²) in [6.07, 6.45) is 0. The average Bonchev–Trinajstić information content (AvgIpc) is 2.86. The molecule has 0 atom stereocenters. The van der Waals surface area contributed by atoms with Gasteiger partial charge >= 0.3 is 5.97 Å². The molecule has 106 valence electrons. The fraction of sp³-hybridized carbons (Fsp3) is 0.357. The van der Waals surface area contributed by atoms with Gasteiger partial charge in [-0.3, -0.25) is 9.69 Å². The lowest BCUT2D eigenvalue weighted by Gasteiger charge is -2.14. The van der Waals surface area contributed by atoms with Crippen LogP contribution in [-0.2, 0) is 11.3 Å². The van der Waals surface area contributed by atoms with Gasteiger partial charge in [-0.2, -0.15) is 4.98 Å². The standard InChI is InChI=1S/C14H17N3O3/c1-3-17(9-13(18)19)8-12-15-14(20-16-12)11-6-4-5-10(2)7-11/h4-7H,3,8-9H2,1-2H3,(H,18,19). The van der Waals surface area contributed by atoms with E-state index in [9.17, 15) is 4.79 Å². The van der Waals surface area contributed by atoms with E-state index in [1.165, 1.54) is 0 Å². The predicted molar refractivity (Wildman–Crippen MR) is 73.1 cm³/mol. The van der Waals surface area contributed by atoms with E-state index in [0.717, 1.165) is 11.1 Å². The Kier molecular flexibility index (Phi) is 4.47. The zero-order valence-electron chi connectivity index (χ0n) is 11.5. The van der Waals surface area contributed by atoms with Crippen molar-refractivity contribution in [3.63, 3.8) is 0 Å². The molecule has 0 spiro atoms. The minimum atomic E-state index is -0.866. The maximum absolute atomic E-state index is 10.7. The Morgan fingerprint density at radius 2 is 2.25 bits per heavy atom. The summed E-state index contributed by atoms with van der Waals surface area (Å²) in [5.41, 5.74) is 1.98. The Labute approximate surface area is 117 Å². The number of carbonyl (C=O) groups is 1. The molecule has 0 radical (unpaired) electrons. The molecule has 6 nitrogen and oxygen atoms in total. The van der Waals surface area contributed by atoms with E-state index in [-0.39, 0.29) is 6.54 Å². The summed E-state index contributed by atoms with van der Waals surface area (Å²) < 4.78 is 5.22. The second kappa shape index (κ2) is 6.29. The van der Waals surface area contributed by atoms with Gasteiger partial charge in [0.2, 0.25) is 0 Å². The molecule has 0 fully saturated rings. The number of aryl methyl sites for hydroxylation is 1. The van der Waals surface area contributed by atoms with Crippen molar-refractivity contribution in [2.24, 2.45) is 0 Å². The van der Waals surface area contributed by atoms with Crippen LogP contribution in [-0.4, -0.2) is 39.2 Å². The number of carboxylic acids is 1. The second-order valence-corrected chi connectivity index (χ2v) is 4.58. The molecule has 0 amide bonds. The van der Waals surface area contributed by atoms with Crippen LogP contribution in [0.5, 0.6) is 0 Å². The van der Waals surface area contributed by atoms with Crippen molar-refractivity contribution in [1.82, 2.24) is 15.0 Å². The van der Waals surface area contributed by atoms with Crippen molar-refractivity contribution in [2.75, 3.05) is 13.1 Å². The molecular formula is C14H17N3O3. The number of likely N-dealkylation sites (N-methyl/N-ethyl adjacent to an activating group) is 1. The zero-order chi connectivity index (χ0) is 14.5. The second-order valence-electron chi connectivity index (χ2n) is 4.58. The number of carboxylic acid groups (broad SMARTS) is 1. The van der Waals surface area contributed by atoms with Crippen LogP contribution in [0.4, 0.5) is 0 Å².